The lowest BCUT2D eigenvalue weighted by Gasteiger charge is -2.04. The molecule has 0 radical (unpaired) electrons. The molecule has 0 aromatic carbocycles. The van der Waals surface area contributed by atoms with Crippen molar-refractivity contribution in [2.45, 2.75) is 13.3 Å². The predicted molar refractivity (Wildman–Crippen MR) is 64.3 cm³/mol. The van der Waals surface area contributed by atoms with Gasteiger partial charge in [-0.25, -0.2) is 0 Å². The lowest BCUT2D eigenvalue weighted by molar-refractivity contribution is 0.0953. The molecular formula is C11H11ClN4O2. The molecule has 0 atom stereocenters. The number of amides is 1. The molecule has 0 spiro atoms. The van der Waals surface area contributed by atoms with E-state index in [0.717, 1.165) is 0 Å². The summed E-state index contributed by atoms with van der Waals surface area (Å²) in [5, 5.41) is 6.81. The van der Waals surface area contributed by atoms with Crippen molar-refractivity contribution in [3.63, 3.8) is 0 Å². The quantitative estimate of drug-likeness (QED) is 0.905. The number of aromatic nitrogens is 3. The number of carbonyl (C=O) groups excluding carboxylic acids is 1. The summed E-state index contributed by atoms with van der Waals surface area (Å²) < 4.78 is 4.82. The molecule has 0 aliphatic carbocycles. The summed E-state index contributed by atoms with van der Waals surface area (Å²) in [5.74, 6) is 0.796. The van der Waals surface area contributed by atoms with E-state index in [4.69, 9.17) is 16.1 Å². The maximum Gasteiger partial charge on any atom is 0.254 e. The molecule has 0 aliphatic heterocycles. The van der Waals surface area contributed by atoms with Gasteiger partial charge in [0, 0.05) is 32.3 Å². The first-order chi connectivity index (χ1) is 8.66. The Balaban J connectivity index is 1.87. The van der Waals surface area contributed by atoms with Crippen molar-refractivity contribution in [3.05, 3.63) is 40.8 Å². The number of aryl methyl sites for hydroxylation is 1. The van der Waals surface area contributed by atoms with E-state index in [9.17, 15) is 4.79 Å². The van der Waals surface area contributed by atoms with Gasteiger partial charge in [-0.05, 0) is 6.07 Å². The molecule has 94 valence electrons. The Kier molecular flexibility index (Phi) is 3.88. The predicted octanol–water partition coefficient (Wildman–Crippen LogP) is 1.40. The summed E-state index contributed by atoms with van der Waals surface area (Å²) >= 11 is 5.88. The summed E-state index contributed by atoms with van der Waals surface area (Å²) in [6.45, 7) is 2.12. The molecule has 0 unspecified atom stereocenters. The van der Waals surface area contributed by atoms with Crippen LogP contribution in [-0.4, -0.2) is 27.6 Å². The second-order valence-electron chi connectivity index (χ2n) is 3.59. The minimum Gasteiger partial charge on any atom is -0.351 e. The van der Waals surface area contributed by atoms with Crippen molar-refractivity contribution in [2.24, 2.45) is 0 Å². The van der Waals surface area contributed by atoms with E-state index < -0.39 is 0 Å². The smallest absolute Gasteiger partial charge is 0.254 e. The second kappa shape index (κ2) is 5.59. The molecule has 0 bridgehead atoms. The summed E-state index contributed by atoms with van der Waals surface area (Å²) in [6.07, 6.45) is 3.46. The fourth-order valence-electron chi connectivity index (χ4n) is 1.37. The molecule has 2 heterocycles. The molecule has 0 fully saturated rings. The van der Waals surface area contributed by atoms with E-state index in [2.05, 4.69) is 20.4 Å². The monoisotopic (exact) mass is 266 g/mol. The molecule has 18 heavy (non-hydrogen) atoms. The minimum absolute atomic E-state index is 0.270. The summed E-state index contributed by atoms with van der Waals surface area (Å²) in [7, 11) is 0. The van der Waals surface area contributed by atoms with Crippen molar-refractivity contribution in [1.82, 2.24) is 20.4 Å². The van der Waals surface area contributed by atoms with Gasteiger partial charge in [-0.1, -0.05) is 16.8 Å². The summed E-state index contributed by atoms with van der Waals surface area (Å²) in [5.41, 5.74) is 0.350. The molecule has 2 aromatic heterocycles. The van der Waals surface area contributed by atoms with Gasteiger partial charge >= 0.3 is 0 Å². The van der Waals surface area contributed by atoms with Crippen molar-refractivity contribution >= 4 is 17.5 Å². The Morgan fingerprint density at radius 2 is 2.39 bits per heavy atom. The van der Waals surface area contributed by atoms with Crippen LogP contribution in [0.1, 0.15) is 22.1 Å². The average molecular weight is 267 g/mol. The lowest BCUT2D eigenvalue weighted by atomic mass is 10.2. The van der Waals surface area contributed by atoms with Gasteiger partial charge in [-0.15, -0.1) is 0 Å². The van der Waals surface area contributed by atoms with E-state index >= 15 is 0 Å². The maximum atomic E-state index is 11.8. The molecule has 1 amide bonds. The fourth-order valence-corrected chi connectivity index (χ4v) is 1.56. The third-order valence-corrected chi connectivity index (χ3v) is 2.55. The van der Waals surface area contributed by atoms with Crippen LogP contribution in [0.5, 0.6) is 0 Å². The molecule has 2 rings (SSSR count). The standard InChI is InChI=1S/C11H11ClN4O2/c1-7-15-10(16-18-7)3-5-14-11(17)8-6-13-4-2-9(8)12/h2,4,6H,3,5H2,1H3,(H,14,17). The Morgan fingerprint density at radius 3 is 3.06 bits per heavy atom. The number of halogens is 1. The Labute approximate surface area is 108 Å². The normalized spacial score (nSPS) is 10.3. The van der Waals surface area contributed by atoms with Gasteiger partial charge in [-0.3, -0.25) is 9.78 Å². The van der Waals surface area contributed by atoms with Gasteiger partial charge in [0.05, 0.1) is 10.6 Å². The van der Waals surface area contributed by atoms with Crippen LogP contribution in [0.25, 0.3) is 0 Å². The fraction of sp³-hybridized carbons (Fsp3) is 0.273. The highest BCUT2D eigenvalue weighted by atomic mass is 35.5. The molecular weight excluding hydrogens is 256 g/mol. The number of nitrogens with one attached hydrogen (secondary N) is 1. The average Bonchev–Trinajstić information content (AvgIpc) is 2.75. The minimum atomic E-state index is -0.270. The number of pyridine rings is 1. The van der Waals surface area contributed by atoms with Crippen molar-refractivity contribution in [3.8, 4) is 0 Å². The zero-order valence-electron chi connectivity index (χ0n) is 9.68. The molecule has 0 saturated heterocycles. The van der Waals surface area contributed by atoms with Crippen LogP contribution in [0, 0.1) is 6.92 Å². The number of carbonyl (C=O) groups is 1. The van der Waals surface area contributed by atoms with Crippen LogP contribution >= 0.6 is 11.6 Å². The third-order valence-electron chi connectivity index (χ3n) is 2.22. The summed E-state index contributed by atoms with van der Waals surface area (Å²) in [4.78, 5) is 19.6. The van der Waals surface area contributed by atoms with Crippen molar-refractivity contribution in [2.75, 3.05) is 6.54 Å². The first kappa shape index (κ1) is 12.5. The van der Waals surface area contributed by atoms with Gasteiger partial charge in [0.15, 0.2) is 5.82 Å². The number of hydrogen-bond donors (Lipinski definition) is 1. The molecule has 0 aliphatic rings. The van der Waals surface area contributed by atoms with Gasteiger partial charge < -0.3 is 9.84 Å². The van der Waals surface area contributed by atoms with Crippen LogP contribution in [0.3, 0.4) is 0 Å². The zero-order chi connectivity index (χ0) is 13.0. The highest BCUT2D eigenvalue weighted by molar-refractivity contribution is 6.33. The highest BCUT2D eigenvalue weighted by Crippen LogP contribution is 2.12. The van der Waals surface area contributed by atoms with Gasteiger partial charge in [0.1, 0.15) is 0 Å². The number of rotatable bonds is 4. The highest BCUT2D eigenvalue weighted by Gasteiger charge is 2.10. The number of nitrogens with zero attached hydrogens (tertiary/aromatic N) is 3. The van der Waals surface area contributed by atoms with Crippen LogP contribution in [0.15, 0.2) is 23.0 Å². The van der Waals surface area contributed by atoms with Crippen LogP contribution in [0.2, 0.25) is 5.02 Å². The van der Waals surface area contributed by atoms with Gasteiger partial charge in [-0.2, -0.15) is 4.98 Å². The Morgan fingerprint density at radius 1 is 1.56 bits per heavy atom. The second-order valence-corrected chi connectivity index (χ2v) is 4.00. The number of hydrogen-bond acceptors (Lipinski definition) is 5. The first-order valence-electron chi connectivity index (χ1n) is 5.33. The van der Waals surface area contributed by atoms with Crippen LogP contribution in [-0.2, 0) is 6.42 Å². The van der Waals surface area contributed by atoms with E-state index in [1.807, 2.05) is 0 Å². The molecule has 1 N–H and O–H groups in total. The molecule has 7 heteroatoms. The van der Waals surface area contributed by atoms with Gasteiger partial charge in [0.2, 0.25) is 5.89 Å². The first-order valence-corrected chi connectivity index (χ1v) is 5.71. The SMILES string of the molecule is Cc1nc(CCNC(=O)c2cnccc2Cl)no1. The van der Waals surface area contributed by atoms with Gasteiger partial charge in [0.25, 0.3) is 5.91 Å². The van der Waals surface area contributed by atoms with E-state index in [-0.39, 0.29) is 5.91 Å². The zero-order valence-corrected chi connectivity index (χ0v) is 10.4. The lowest BCUT2D eigenvalue weighted by Crippen LogP contribution is -2.26. The van der Waals surface area contributed by atoms with Crippen LogP contribution in [0.4, 0.5) is 0 Å². The Bertz CT molecular complexity index is 555. The van der Waals surface area contributed by atoms with E-state index in [1.54, 1.807) is 13.0 Å². The van der Waals surface area contributed by atoms with E-state index in [1.165, 1.54) is 12.4 Å². The van der Waals surface area contributed by atoms with Crippen molar-refractivity contribution < 1.29 is 9.32 Å². The molecule has 2 aromatic rings. The topological polar surface area (TPSA) is 80.9 Å². The molecule has 6 nitrogen and oxygen atoms in total. The van der Waals surface area contributed by atoms with E-state index in [0.29, 0.717) is 35.3 Å². The Hall–Kier alpha value is -1.95. The maximum absolute atomic E-state index is 11.8. The van der Waals surface area contributed by atoms with Crippen LogP contribution < -0.4 is 5.32 Å². The largest absolute Gasteiger partial charge is 0.351 e. The van der Waals surface area contributed by atoms with Crippen molar-refractivity contribution in [1.29, 1.82) is 0 Å². The summed E-state index contributed by atoms with van der Waals surface area (Å²) in [6, 6.07) is 1.57. The third kappa shape index (κ3) is 3.04. The molecule has 0 saturated carbocycles.